The Morgan fingerprint density at radius 1 is 1.23 bits per heavy atom. The molecule has 5 heteroatoms. The lowest BCUT2D eigenvalue weighted by Crippen LogP contribution is -2.35. The summed E-state index contributed by atoms with van der Waals surface area (Å²) in [5, 5.41) is 9.72. The maximum absolute atomic E-state index is 9.72. The van der Waals surface area contributed by atoms with E-state index in [2.05, 4.69) is 59.6 Å². The molecule has 0 saturated carbocycles. The molecule has 1 aliphatic rings. The summed E-state index contributed by atoms with van der Waals surface area (Å²) < 4.78 is 7.90. The summed E-state index contributed by atoms with van der Waals surface area (Å²) in [7, 11) is 3.83. The predicted octanol–water partition coefficient (Wildman–Crippen LogP) is 4.84. The second-order valence-corrected chi connectivity index (χ2v) is 7.87. The average Bonchev–Trinajstić information content (AvgIpc) is 2.81. The SMILES string of the molecule is CCCCC1CN(c2ccccc2)c2cc(OC)c(CO)cc2SN1C. The van der Waals surface area contributed by atoms with E-state index in [4.69, 9.17) is 4.74 Å². The lowest BCUT2D eigenvalue weighted by molar-refractivity contribution is 0.273. The van der Waals surface area contributed by atoms with E-state index in [1.54, 1.807) is 19.1 Å². The number of aliphatic hydroxyl groups is 1. The molecule has 1 heterocycles. The third-order valence-corrected chi connectivity index (χ3v) is 6.04. The summed E-state index contributed by atoms with van der Waals surface area (Å²) in [6.45, 7) is 3.15. The first-order valence-electron chi connectivity index (χ1n) is 9.23. The van der Waals surface area contributed by atoms with Crippen LogP contribution in [-0.2, 0) is 6.61 Å². The van der Waals surface area contributed by atoms with E-state index in [1.807, 2.05) is 6.07 Å². The number of methoxy groups -OCH3 is 1. The predicted molar refractivity (Wildman–Crippen MR) is 109 cm³/mol. The Bertz CT molecular complexity index is 723. The first-order chi connectivity index (χ1) is 12.7. The van der Waals surface area contributed by atoms with Gasteiger partial charge in [0.05, 0.1) is 19.4 Å². The van der Waals surface area contributed by atoms with Crippen LogP contribution in [0.4, 0.5) is 11.4 Å². The van der Waals surface area contributed by atoms with Crippen LogP contribution in [0.1, 0.15) is 31.7 Å². The fourth-order valence-electron chi connectivity index (χ4n) is 3.41. The van der Waals surface area contributed by atoms with Gasteiger partial charge in [0.2, 0.25) is 0 Å². The van der Waals surface area contributed by atoms with E-state index in [1.165, 1.54) is 24.9 Å². The van der Waals surface area contributed by atoms with Crippen LogP contribution in [0.2, 0.25) is 0 Å². The highest BCUT2D eigenvalue weighted by Crippen LogP contribution is 2.43. The molecule has 1 atom stereocenters. The quantitative estimate of drug-likeness (QED) is 0.735. The summed E-state index contributed by atoms with van der Waals surface area (Å²) in [6, 6.07) is 15.1. The number of hydrogen-bond acceptors (Lipinski definition) is 5. The third-order valence-electron chi connectivity index (χ3n) is 4.93. The molecule has 0 amide bonds. The van der Waals surface area contributed by atoms with E-state index in [9.17, 15) is 5.11 Å². The molecule has 3 rings (SSSR count). The fourth-order valence-corrected chi connectivity index (χ4v) is 4.50. The Morgan fingerprint density at radius 3 is 2.65 bits per heavy atom. The first-order valence-corrected chi connectivity index (χ1v) is 10.0. The Labute approximate surface area is 160 Å². The Morgan fingerprint density at radius 2 is 2.00 bits per heavy atom. The number of likely N-dealkylation sites (N-methyl/N-ethyl adjacent to an activating group) is 1. The second kappa shape index (κ2) is 8.80. The zero-order valence-electron chi connectivity index (χ0n) is 15.8. The molecule has 0 radical (unpaired) electrons. The number of nitrogens with zero attached hydrogens (tertiary/aromatic N) is 2. The van der Waals surface area contributed by atoms with Crippen molar-refractivity contribution in [3.05, 3.63) is 48.0 Å². The molecule has 1 unspecified atom stereocenters. The molecular weight excluding hydrogens is 344 g/mol. The molecule has 0 fully saturated rings. The summed E-state index contributed by atoms with van der Waals surface area (Å²) in [4.78, 5) is 3.54. The van der Waals surface area contributed by atoms with Crippen LogP contribution in [0.15, 0.2) is 47.4 Å². The number of benzene rings is 2. The van der Waals surface area contributed by atoms with Crippen LogP contribution in [0.25, 0.3) is 0 Å². The van der Waals surface area contributed by atoms with E-state index in [0.29, 0.717) is 6.04 Å². The molecule has 4 nitrogen and oxygen atoms in total. The molecule has 2 aromatic rings. The maximum atomic E-state index is 9.72. The van der Waals surface area contributed by atoms with Crippen molar-refractivity contribution in [1.82, 2.24) is 4.31 Å². The molecule has 0 saturated heterocycles. The van der Waals surface area contributed by atoms with Crippen LogP contribution in [0.5, 0.6) is 5.75 Å². The summed E-state index contributed by atoms with van der Waals surface area (Å²) in [5.74, 6) is 0.738. The van der Waals surface area contributed by atoms with E-state index < -0.39 is 0 Å². The van der Waals surface area contributed by atoms with Crippen molar-refractivity contribution in [2.24, 2.45) is 0 Å². The minimum Gasteiger partial charge on any atom is -0.496 e. The van der Waals surface area contributed by atoms with Crippen molar-refractivity contribution in [3.8, 4) is 5.75 Å². The molecule has 0 aliphatic carbocycles. The Hall–Kier alpha value is -1.69. The fraction of sp³-hybridized carbons (Fsp3) is 0.429. The summed E-state index contributed by atoms with van der Waals surface area (Å²) in [6.07, 6.45) is 3.59. The standard InChI is InChI=1S/C21H28N2O2S/c1-4-5-9-18-14-23(17-10-7-6-8-11-17)19-13-20(25-3)16(15-24)12-21(19)26-22(18)2/h6-8,10-13,18,24H,4-5,9,14-15H2,1-3H3. The first kappa shape index (κ1) is 19.1. The number of hydrogen-bond donors (Lipinski definition) is 1. The highest BCUT2D eigenvalue weighted by molar-refractivity contribution is 7.97. The van der Waals surface area contributed by atoms with E-state index >= 15 is 0 Å². The number of unbranched alkanes of at least 4 members (excludes halogenated alkanes) is 1. The van der Waals surface area contributed by atoms with Crippen molar-refractivity contribution in [2.75, 3.05) is 25.6 Å². The smallest absolute Gasteiger partial charge is 0.126 e. The van der Waals surface area contributed by atoms with Gasteiger partial charge in [-0.15, -0.1) is 0 Å². The molecule has 1 N–H and O–H groups in total. The van der Waals surface area contributed by atoms with Crippen LogP contribution < -0.4 is 9.64 Å². The van der Waals surface area contributed by atoms with Crippen molar-refractivity contribution in [3.63, 3.8) is 0 Å². The van der Waals surface area contributed by atoms with Gasteiger partial charge in [-0.25, -0.2) is 4.31 Å². The van der Waals surface area contributed by atoms with Gasteiger partial charge in [0.25, 0.3) is 0 Å². The molecule has 26 heavy (non-hydrogen) atoms. The van der Waals surface area contributed by atoms with Crippen LogP contribution in [0.3, 0.4) is 0 Å². The number of para-hydroxylation sites is 1. The largest absolute Gasteiger partial charge is 0.496 e. The number of anilines is 2. The van der Waals surface area contributed by atoms with Gasteiger partial charge in [-0.3, -0.25) is 0 Å². The van der Waals surface area contributed by atoms with Crippen LogP contribution >= 0.6 is 11.9 Å². The van der Waals surface area contributed by atoms with Gasteiger partial charge < -0.3 is 14.7 Å². The van der Waals surface area contributed by atoms with Crippen molar-refractivity contribution < 1.29 is 9.84 Å². The molecule has 0 aromatic heterocycles. The van der Waals surface area contributed by atoms with Gasteiger partial charge in [-0.05, 0) is 43.6 Å². The number of aliphatic hydroxyl groups excluding tert-OH is 1. The molecule has 140 valence electrons. The molecular formula is C21H28N2O2S. The summed E-state index contributed by atoms with van der Waals surface area (Å²) in [5.41, 5.74) is 3.15. The minimum atomic E-state index is -0.0225. The molecule has 2 aromatic carbocycles. The van der Waals surface area contributed by atoms with Crippen molar-refractivity contribution in [1.29, 1.82) is 0 Å². The van der Waals surface area contributed by atoms with Gasteiger partial charge in [0.15, 0.2) is 0 Å². The van der Waals surface area contributed by atoms with Gasteiger partial charge in [-0.1, -0.05) is 38.0 Å². The average molecular weight is 373 g/mol. The van der Waals surface area contributed by atoms with Crippen LogP contribution in [0, 0.1) is 0 Å². The van der Waals surface area contributed by atoms with E-state index in [-0.39, 0.29) is 6.61 Å². The number of rotatable bonds is 6. The lowest BCUT2D eigenvalue weighted by Gasteiger charge is -2.30. The van der Waals surface area contributed by atoms with Gasteiger partial charge in [0.1, 0.15) is 5.75 Å². The van der Waals surface area contributed by atoms with E-state index in [0.717, 1.165) is 28.4 Å². The lowest BCUT2D eigenvalue weighted by atomic mass is 10.1. The normalized spacial score (nSPS) is 17.7. The molecule has 0 bridgehead atoms. The van der Waals surface area contributed by atoms with Gasteiger partial charge >= 0.3 is 0 Å². The van der Waals surface area contributed by atoms with Crippen molar-refractivity contribution >= 4 is 23.3 Å². The maximum Gasteiger partial charge on any atom is 0.126 e. The Kier molecular flexibility index (Phi) is 6.46. The monoisotopic (exact) mass is 372 g/mol. The Balaban J connectivity index is 2.08. The second-order valence-electron chi connectivity index (χ2n) is 6.67. The van der Waals surface area contributed by atoms with Crippen molar-refractivity contribution in [2.45, 2.75) is 43.7 Å². The molecule has 0 spiro atoms. The summed E-state index contributed by atoms with van der Waals surface area (Å²) >= 11 is 1.76. The number of fused-ring (bicyclic) bond motifs is 1. The zero-order chi connectivity index (χ0) is 18.5. The van der Waals surface area contributed by atoms with Gasteiger partial charge in [-0.2, -0.15) is 0 Å². The van der Waals surface area contributed by atoms with Crippen LogP contribution in [-0.4, -0.2) is 36.2 Å². The minimum absolute atomic E-state index is 0.0225. The third kappa shape index (κ3) is 4.00. The zero-order valence-corrected chi connectivity index (χ0v) is 16.6. The number of ether oxygens (including phenoxy) is 1. The topological polar surface area (TPSA) is 35.9 Å². The van der Waals surface area contributed by atoms with Gasteiger partial charge in [0, 0.05) is 34.8 Å². The molecule has 1 aliphatic heterocycles. The highest BCUT2D eigenvalue weighted by atomic mass is 32.2. The highest BCUT2D eigenvalue weighted by Gasteiger charge is 2.28.